The molecule has 0 amide bonds. The first-order valence-electron chi connectivity index (χ1n) is 6.66. The maximum absolute atomic E-state index is 11.5. The van der Waals surface area contributed by atoms with Crippen LogP contribution >= 0.6 is 0 Å². The lowest BCUT2D eigenvalue weighted by Gasteiger charge is -2.08. The second kappa shape index (κ2) is 6.32. The normalized spacial score (nSPS) is 10.6. The van der Waals surface area contributed by atoms with E-state index in [0.717, 1.165) is 18.4 Å². The van der Waals surface area contributed by atoms with Crippen molar-refractivity contribution in [2.75, 3.05) is 0 Å². The van der Waals surface area contributed by atoms with Gasteiger partial charge >= 0.3 is 0 Å². The van der Waals surface area contributed by atoms with E-state index in [4.69, 9.17) is 9.26 Å². The Kier molecular flexibility index (Phi) is 4.50. The third-order valence-corrected chi connectivity index (χ3v) is 2.85. The molecule has 1 heterocycles. The number of hydrogen-bond donors (Lipinski definition) is 0. The van der Waals surface area contributed by atoms with E-state index < -0.39 is 0 Å². The van der Waals surface area contributed by atoms with Crippen molar-refractivity contribution in [3.05, 3.63) is 41.0 Å². The largest absolute Gasteiger partial charge is 0.483 e. The Morgan fingerprint density at radius 2 is 2.20 bits per heavy atom. The molecule has 2 rings (SSSR count). The van der Waals surface area contributed by atoms with Crippen LogP contribution in [0.25, 0.3) is 0 Å². The van der Waals surface area contributed by atoms with E-state index in [1.807, 2.05) is 19.1 Å². The van der Waals surface area contributed by atoms with E-state index >= 15 is 0 Å². The number of ketones is 1. The Hall–Kier alpha value is -2.17. The molecule has 0 bridgehead atoms. The highest BCUT2D eigenvalue weighted by Gasteiger charge is 2.11. The van der Waals surface area contributed by atoms with Gasteiger partial charge < -0.3 is 9.26 Å². The maximum Gasteiger partial charge on any atom is 0.264 e. The number of carbonyl (C=O) groups excluding carboxylic acids is 1. The van der Waals surface area contributed by atoms with Crippen molar-refractivity contribution in [3.8, 4) is 5.75 Å². The van der Waals surface area contributed by atoms with Gasteiger partial charge in [0.05, 0.1) is 5.56 Å². The maximum atomic E-state index is 11.5. The van der Waals surface area contributed by atoms with E-state index in [-0.39, 0.29) is 12.4 Å². The Balaban J connectivity index is 2.09. The van der Waals surface area contributed by atoms with Crippen LogP contribution in [0.3, 0.4) is 0 Å². The van der Waals surface area contributed by atoms with Gasteiger partial charge in [0.15, 0.2) is 18.2 Å². The molecule has 0 aliphatic heterocycles. The molecule has 0 radical (unpaired) electrons. The van der Waals surface area contributed by atoms with E-state index in [1.54, 1.807) is 6.07 Å². The number of ether oxygens (including phenoxy) is 1. The standard InChI is InChI=1S/C15H18N2O3/c1-4-5-14-16-15(20-17-14)9-19-13-8-10(2)6-7-12(13)11(3)18/h6-8H,4-5,9H2,1-3H3. The third kappa shape index (κ3) is 3.44. The van der Waals surface area contributed by atoms with Gasteiger partial charge in [0.2, 0.25) is 0 Å². The summed E-state index contributed by atoms with van der Waals surface area (Å²) < 4.78 is 10.7. The van der Waals surface area contributed by atoms with Crippen molar-refractivity contribution in [1.82, 2.24) is 10.1 Å². The summed E-state index contributed by atoms with van der Waals surface area (Å²) >= 11 is 0. The first-order valence-corrected chi connectivity index (χ1v) is 6.66. The van der Waals surface area contributed by atoms with Gasteiger partial charge in [0.1, 0.15) is 5.75 Å². The lowest BCUT2D eigenvalue weighted by atomic mass is 10.1. The SMILES string of the molecule is CCCc1noc(COc2cc(C)ccc2C(C)=O)n1. The van der Waals surface area contributed by atoms with Gasteiger partial charge in [-0.3, -0.25) is 4.79 Å². The Morgan fingerprint density at radius 1 is 1.40 bits per heavy atom. The van der Waals surface area contributed by atoms with Crippen molar-refractivity contribution in [2.45, 2.75) is 40.2 Å². The van der Waals surface area contributed by atoms with Crippen LogP contribution in [-0.4, -0.2) is 15.9 Å². The summed E-state index contributed by atoms with van der Waals surface area (Å²) in [6, 6.07) is 5.49. The number of hydrogen-bond acceptors (Lipinski definition) is 5. The van der Waals surface area contributed by atoms with Crippen molar-refractivity contribution < 1.29 is 14.1 Å². The molecule has 5 nitrogen and oxygen atoms in total. The molecule has 106 valence electrons. The molecule has 0 aliphatic carbocycles. The number of aryl methyl sites for hydroxylation is 2. The van der Waals surface area contributed by atoms with Crippen LogP contribution in [0.1, 0.15) is 47.9 Å². The fraction of sp³-hybridized carbons (Fsp3) is 0.400. The molecule has 2 aromatic rings. The zero-order chi connectivity index (χ0) is 14.5. The molecule has 0 fully saturated rings. The highest BCUT2D eigenvalue weighted by atomic mass is 16.5. The number of aromatic nitrogens is 2. The topological polar surface area (TPSA) is 65.2 Å². The van der Waals surface area contributed by atoms with Crippen LogP contribution < -0.4 is 4.74 Å². The molecular formula is C15H18N2O3. The highest BCUT2D eigenvalue weighted by molar-refractivity contribution is 5.96. The van der Waals surface area contributed by atoms with E-state index in [2.05, 4.69) is 17.1 Å². The third-order valence-electron chi connectivity index (χ3n) is 2.85. The van der Waals surface area contributed by atoms with E-state index in [1.165, 1.54) is 6.92 Å². The summed E-state index contributed by atoms with van der Waals surface area (Å²) in [5.41, 5.74) is 1.59. The summed E-state index contributed by atoms with van der Waals surface area (Å²) in [4.78, 5) is 15.8. The number of rotatable bonds is 6. The Morgan fingerprint density at radius 3 is 2.90 bits per heavy atom. The molecule has 20 heavy (non-hydrogen) atoms. The zero-order valence-electron chi connectivity index (χ0n) is 12.0. The predicted molar refractivity (Wildman–Crippen MR) is 73.8 cm³/mol. The summed E-state index contributed by atoms with van der Waals surface area (Å²) in [6.07, 6.45) is 1.75. The Bertz CT molecular complexity index is 605. The number of carbonyl (C=O) groups is 1. The lowest BCUT2D eigenvalue weighted by molar-refractivity contribution is 0.101. The fourth-order valence-electron chi connectivity index (χ4n) is 1.85. The van der Waals surface area contributed by atoms with Crippen molar-refractivity contribution in [1.29, 1.82) is 0 Å². The van der Waals surface area contributed by atoms with Crippen LogP contribution in [0, 0.1) is 6.92 Å². The number of nitrogens with zero attached hydrogens (tertiary/aromatic N) is 2. The fourth-order valence-corrected chi connectivity index (χ4v) is 1.85. The molecule has 0 atom stereocenters. The van der Waals surface area contributed by atoms with Gasteiger partial charge in [-0.15, -0.1) is 0 Å². The molecule has 0 unspecified atom stereocenters. The minimum Gasteiger partial charge on any atom is -0.483 e. The summed E-state index contributed by atoms with van der Waals surface area (Å²) in [7, 11) is 0. The molecule has 0 saturated carbocycles. The van der Waals surface area contributed by atoms with E-state index in [9.17, 15) is 4.79 Å². The quantitative estimate of drug-likeness (QED) is 0.757. The number of Topliss-reactive ketones (excluding diaryl/α,β-unsaturated/α-hetero) is 1. The van der Waals surface area contributed by atoms with Crippen molar-refractivity contribution in [3.63, 3.8) is 0 Å². The minimum atomic E-state index is -0.0304. The number of benzene rings is 1. The molecular weight excluding hydrogens is 256 g/mol. The summed E-state index contributed by atoms with van der Waals surface area (Å²) in [5.74, 6) is 1.62. The molecule has 5 heteroatoms. The lowest BCUT2D eigenvalue weighted by Crippen LogP contribution is -2.02. The van der Waals surface area contributed by atoms with Crippen LogP contribution in [0.15, 0.2) is 22.7 Å². The molecule has 1 aromatic heterocycles. The monoisotopic (exact) mass is 274 g/mol. The zero-order valence-corrected chi connectivity index (χ0v) is 12.0. The Labute approximate surface area is 118 Å². The molecule has 0 N–H and O–H groups in total. The summed E-state index contributed by atoms with van der Waals surface area (Å²) in [6.45, 7) is 5.69. The van der Waals surface area contributed by atoms with Gasteiger partial charge in [0.25, 0.3) is 5.89 Å². The van der Waals surface area contributed by atoms with Crippen LogP contribution in [0.2, 0.25) is 0 Å². The van der Waals surface area contributed by atoms with Crippen LogP contribution in [0.4, 0.5) is 0 Å². The van der Waals surface area contributed by atoms with Gasteiger partial charge in [0, 0.05) is 6.42 Å². The van der Waals surface area contributed by atoms with Gasteiger partial charge in [-0.1, -0.05) is 18.1 Å². The first kappa shape index (κ1) is 14.2. The van der Waals surface area contributed by atoms with E-state index in [0.29, 0.717) is 23.0 Å². The second-order valence-corrected chi connectivity index (χ2v) is 4.70. The van der Waals surface area contributed by atoms with Crippen LogP contribution in [-0.2, 0) is 13.0 Å². The predicted octanol–water partition coefficient (Wildman–Crippen LogP) is 3.11. The average molecular weight is 274 g/mol. The molecule has 1 aromatic carbocycles. The smallest absolute Gasteiger partial charge is 0.264 e. The molecule has 0 spiro atoms. The highest BCUT2D eigenvalue weighted by Crippen LogP contribution is 2.21. The van der Waals surface area contributed by atoms with Crippen molar-refractivity contribution >= 4 is 5.78 Å². The minimum absolute atomic E-state index is 0.0304. The second-order valence-electron chi connectivity index (χ2n) is 4.70. The van der Waals surface area contributed by atoms with Crippen LogP contribution in [0.5, 0.6) is 5.75 Å². The summed E-state index contributed by atoms with van der Waals surface area (Å²) in [5, 5.41) is 3.86. The molecule has 0 aliphatic rings. The molecule has 0 saturated heterocycles. The average Bonchev–Trinajstić information content (AvgIpc) is 2.84. The van der Waals surface area contributed by atoms with Gasteiger partial charge in [-0.25, -0.2) is 0 Å². The van der Waals surface area contributed by atoms with Gasteiger partial charge in [-0.2, -0.15) is 4.98 Å². The van der Waals surface area contributed by atoms with Crippen molar-refractivity contribution in [2.24, 2.45) is 0 Å². The van der Waals surface area contributed by atoms with Gasteiger partial charge in [-0.05, 0) is 38.0 Å². The first-order chi connectivity index (χ1) is 9.60.